The zero-order chi connectivity index (χ0) is 18.4. The first kappa shape index (κ1) is 18.7. The Morgan fingerprint density at radius 3 is 2.58 bits per heavy atom. The highest BCUT2D eigenvalue weighted by Crippen LogP contribution is 2.18. The van der Waals surface area contributed by atoms with Crippen molar-refractivity contribution in [3.8, 4) is 5.75 Å². The van der Waals surface area contributed by atoms with Gasteiger partial charge in [-0.25, -0.2) is 4.98 Å². The molecule has 7 heteroatoms. The zero-order valence-corrected chi connectivity index (χ0v) is 16.6. The van der Waals surface area contributed by atoms with Gasteiger partial charge in [0.15, 0.2) is 11.6 Å². The van der Waals surface area contributed by atoms with E-state index >= 15 is 0 Å². The number of benzene rings is 2. The maximum absolute atomic E-state index is 12.2. The average Bonchev–Trinajstić information content (AvgIpc) is 3.13. The number of ether oxygens (including phenoxy) is 1. The van der Waals surface area contributed by atoms with Crippen LogP contribution in [0.15, 0.2) is 58.2 Å². The largest absolute Gasteiger partial charge is 0.486 e. The summed E-state index contributed by atoms with van der Waals surface area (Å²) in [6, 6.07) is 15.3. The summed E-state index contributed by atoms with van der Waals surface area (Å²) < 4.78 is 6.64. The van der Waals surface area contributed by atoms with Crippen molar-refractivity contribution in [2.75, 3.05) is 5.75 Å². The van der Waals surface area contributed by atoms with Crippen LogP contribution in [0.1, 0.15) is 28.7 Å². The van der Waals surface area contributed by atoms with Crippen molar-refractivity contribution >= 4 is 33.5 Å². The van der Waals surface area contributed by atoms with Crippen LogP contribution in [0.3, 0.4) is 0 Å². The lowest BCUT2D eigenvalue weighted by atomic mass is 10.1. The zero-order valence-electron chi connectivity index (χ0n) is 14.2. The third-order valence-corrected chi connectivity index (χ3v) is 5.09. The molecule has 0 spiro atoms. The number of nitrogens with zero attached hydrogens (tertiary/aromatic N) is 2. The van der Waals surface area contributed by atoms with Crippen molar-refractivity contribution in [3.63, 3.8) is 0 Å². The number of aryl methyl sites for hydroxylation is 1. The van der Waals surface area contributed by atoms with E-state index in [4.69, 9.17) is 4.74 Å². The van der Waals surface area contributed by atoms with Crippen molar-refractivity contribution in [2.24, 2.45) is 0 Å². The summed E-state index contributed by atoms with van der Waals surface area (Å²) in [6.07, 6.45) is 0.964. The summed E-state index contributed by atoms with van der Waals surface area (Å²) in [7, 11) is 0. The van der Waals surface area contributed by atoms with Gasteiger partial charge in [0.25, 0.3) is 0 Å². The number of ketones is 1. The Morgan fingerprint density at radius 1 is 1.15 bits per heavy atom. The van der Waals surface area contributed by atoms with Crippen LogP contribution in [-0.4, -0.2) is 26.7 Å². The molecule has 0 saturated carbocycles. The number of hydrogen-bond acceptors (Lipinski definition) is 5. The number of thioether (sulfide) groups is 1. The fourth-order valence-electron chi connectivity index (χ4n) is 2.23. The molecule has 0 saturated heterocycles. The van der Waals surface area contributed by atoms with Gasteiger partial charge >= 0.3 is 0 Å². The van der Waals surface area contributed by atoms with Gasteiger partial charge in [-0.3, -0.25) is 9.89 Å². The molecule has 1 N–H and O–H groups in total. The van der Waals surface area contributed by atoms with Crippen LogP contribution in [-0.2, 0) is 13.0 Å². The molecule has 0 fully saturated rings. The van der Waals surface area contributed by atoms with Crippen LogP contribution in [0, 0.1) is 0 Å². The van der Waals surface area contributed by atoms with E-state index < -0.39 is 0 Å². The first-order valence-electron chi connectivity index (χ1n) is 8.18. The van der Waals surface area contributed by atoms with E-state index in [1.54, 1.807) is 0 Å². The fraction of sp³-hybridized carbons (Fsp3) is 0.211. The number of Topliss-reactive ketones (excluding diaryl/α,β-unsaturated/α-hetero) is 1. The van der Waals surface area contributed by atoms with Crippen LogP contribution < -0.4 is 4.74 Å². The van der Waals surface area contributed by atoms with Gasteiger partial charge in [-0.05, 0) is 36.2 Å². The molecule has 0 atom stereocenters. The number of hydrogen-bond donors (Lipinski definition) is 1. The van der Waals surface area contributed by atoms with Gasteiger partial charge < -0.3 is 4.74 Å². The van der Waals surface area contributed by atoms with Gasteiger partial charge in [0.05, 0.1) is 5.75 Å². The Morgan fingerprint density at radius 2 is 1.88 bits per heavy atom. The van der Waals surface area contributed by atoms with Gasteiger partial charge in [-0.15, -0.1) is 5.10 Å². The maximum atomic E-state index is 12.2. The number of H-pyrrole nitrogens is 1. The monoisotopic (exact) mass is 431 g/mol. The first-order valence-corrected chi connectivity index (χ1v) is 9.96. The Hall–Kier alpha value is -2.12. The Labute approximate surface area is 164 Å². The first-order chi connectivity index (χ1) is 12.6. The standard InChI is InChI=1S/C19H18BrN3O2S/c1-2-13-3-5-14(6-4-13)17(24)12-26-19-21-18(22-23-19)11-25-16-9-7-15(20)8-10-16/h3-10H,2,11-12H2,1H3,(H,21,22,23). The molecule has 2 aromatic carbocycles. The second-order valence-electron chi connectivity index (χ2n) is 5.57. The van der Waals surface area contributed by atoms with Gasteiger partial charge in [0.1, 0.15) is 12.4 Å². The highest BCUT2D eigenvalue weighted by atomic mass is 79.9. The van der Waals surface area contributed by atoms with Crippen molar-refractivity contribution in [2.45, 2.75) is 25.1 Å². The van der Waals surface area contributed by atoms with E-state index in [0.29, 0.717) is 28.9 Å². The summed E-state index contributed by atoms with van der Waals surface area (Å²) >= 11 is 4.70. The number of aromatic nitrogens is 3. The molecule has 5 nitrogen and oxygen atoms in total. The summed E-state index contributed by atoms with van der Waals surface area (Å²) in [4.78, 5) is 16.6. The smallest absolute Gasteiger partial charge is 0.208 e. The van der Waals surface area contributed by atoms with E-state index in [-0.39, 0.29) is 5.78 Å². The van der Waals surface area contributed by atoms with Crippen LogP contribution in [0.4, 0.5) is 0 Å². The molecule has 0 bridgehead atoms. The third kappa shape index (κ3) is 5.19. The van der Waals surface area contributed by atoms with Crippen LogP contribution in [0.25, 0.3) is 0 Å². The number of carbonyl (C=O) groups excluding carboxylic acids is 1. The Kier molecular flexibility index (Phi) is 6.46. The molecular formula is C19H18BrN3O2S. The minimum absolute atomic E-state index is 0.0649. The molecule has 0 amide bonds. The molecule has 0 unspecified atom stereocenters. The van der Waals surface area contributed by atoms with Crippen molar-refractivity contribution in [1.29, 1.82) is 0 Å². The molecule has 1 aromatic heterocycles. The quantitative estimate of drug-likeness (QED) is 0.414. The van der Waals surface area contributed by atoms with Crippen molar-refractivity contribution < 1.29 is 9.53 Å². The van der Waals surface area contributed by atoms with Crippen LogP contribution in [0.2, 0.25) is 0 Å². The Bertz CT molecular complexity index is 863. The molecule has 0 aliphatic carbocycles. The predicted octanol–water partition coefficient (Wildman–Crippen LogP) is 4.68. The number of halogens is 1. The number of rotatable bonds is 8. The summed E-state index contributed by atoms with van der Waals surface area (Å²) in [6.45, 7) is 2.38. The number of nitrogens with one attached hydrogen (secondary N) is 1. The maximum Gasteiger partial charge on any atom is 0.208 e. The lowest BCUT2D eigenvalue weighted by Gasteiger charge is -2.03. The van der Waals surface area contributed by atoms with Gasteiger partial charge in [-0.1, -0.05) is 58.9 Å². The second-order valence-corrected chi connectivity index (χ2v) is 7.43. The molecule has 0 aliphatic rings. The molecule has 0 aliphatic heterocycles. The molecule has 3 aromatic rings. The molecule has 26 heavy (non-hydrogen) atoms. The van der Waals surface area contributed by atoms with Crippen LogP contribution in [0.5, 0.6) is 5.75 Å². The lowest BCUT2D eigenvalue weighted by Crippen LogP contribution is -2.02. The molecule has 134 valence electrons. The summed E-state index contributed by atoms with van der Waals surface area (Å²) in [5.74, 6) is 1.74. The predicted molar refractivity (Wildman–Crippen MR) is 106 cm³/mol. The molecule has 1 heterocycles. The number of aromatic amines is 1. The third-order valence-electron chi connectivity index (χ3n) is 3.72. The highest BCUT2D eigenvalue weighted by molar-refractivity contribution is 9.10. The lowest BCUT2D eigenvalue weighted by molar-refractivity contribution is 0.102. The summed E-state index contributed by atoms with van der Waals surface area (Å²) in [5.41, 5.74) is 1.93. The summed E-state index contributed by atoms with van der Waals surface area (Å²) in [5, 5.41) is 7.50. The van der Waals surface area contributed by atoms with E-state index in [1.165, 1.54) is 17.3 Å². The average molecular weight is 432 g/mol. The van der Waals surface area contributed by atoms with E-state index in [0.717, 1.165) is 16.6 Å². The minimum atomic E-state index is 0.0649. The highest BCUT2D eigenvalue weighted by Gasteiger charge is 2.10. The van der Waals surface area contributed by atoms with Gasteiger partial charge in [0, 0.05) is 10.0 Å². The number of carbonyl (C=O) groups is 1. The van der Waals surface area contributed by atoms with Gasteiger partial charge in [0.2, 0.25) is 5.16 Å². The van der Waals surface area contributed by atoms with Crippen molar-refractivity contribution in [3.05, 3.63) is 70.0 Å². The topological polar surface area (TPSA) is 67.9 Å². The van der Waals surface area contributed by atoms with E-state index in [2.05, 4.69) is 38.0 Å². The van der Waals surface area contributed by atoms with Crippen LogP contribution >= 0.6 is 27.7 Å². The SMILES string of the molecule is CCc1ccc(C(=O)CSc2n[nH]c(COc3ccc(Br)cc3)n2)cc1. The van der Waals surface area contributed by atoms with Gasteiger partial charge in [-0.2, -0.15) is 0 Å². The normalized spacial score (nSPS) is 10.7. The minimum Gasteiger partial charge on any atom is -0.486 e. The molecule has 0 radical (unpaired) electrons. The molecular weight excluding hydrogens is 414 g/mol. The van der Waals surface area contributed by atoms with E-state index in [9.17, 15) is 4.79 Å². The molecule has 3 rings (SSSR count). The van der Waals surface area contributed by atoms with E-state index in [1.807, 2.05) is 48.5 Å². The second kappa shape index (κ2) is 9.00. The Balaban J connectivity index is 1.49. The fourth-order valence-corrected chi connectivity index (χ4v) is 3.21. The van der Waals surface area contributed by atoms with Crippen molar-refractivity contribution in [1.82, 2.24) is 15.2 Å².